The molecule has 1 fully saturated rings. The number of halogens is 1. The molecular formula is C18H23ClN2O4. The molecule has 1 aliphatic heterocycles. The lowest BCUT2D eigenvalue weighted by molar-refractivity contribution is -0.147. The number of hydrogen-bond donors (Lipinski definition) is 2. The van der Waals surface area contributed by atoms with Crippen LogP contribution in [0, 0.1) is 5.92 Å². The van der Waals surface area contributed by atoms with Crippen molar-refractivity contribution in [2.45, 2.75) is 45.2 Å². The number of aliphatic carboxylic acids is 1. The molecule has 7 heteroatoms. The van der Waals surface area contributed by atoms with Crippen molar-refractivity contribution in [1.29, 1.82) is 0 Å². The van der Waals surface area contributed by atoms with E-state index < -0.39 is 17.9 Å². The molecule has 0 aromatic heterocycles. The van der Waals surface area contributed by atoms with Crippen LogP contribution in [0.1, 0.15) is 44.7 Å². The van der Waals surface area contributed by atoms with Gasteiger partial charge in [0.05, 0.1) is 18.4 Å². The first kappa shape index (κ1) is 19.2. The van der Waals surface area contributed by atoms with Gasteiger partial charge in [-0.2, -0.15) is 0 Å². The van der Waals surface area contributed by atoms with E-state index in [4.69, 9.17) is 11.6 Å². The van der Waals surface area contributed by atoms with Crippen LogP contribution >= 0.6 is 11.6 Å². The molecule has 0 radical (unpaired) electrons. The quantitative estimate of drug-likeness (QED) is 0.838. The molecule has 1 aromatic carbocycles. The number of piperidine rings is 1. The van der Waals surface area contributed by atoms with Crippen LogP contribution in [0.5, 0.6) is 0 Å². The maximum absolute atomic E-state index is 12.8. The van der Waals surface area contributed by atoms with Crippen molar-refractivity contribution in [3.8, 4) is 0 Å². The zero-order valence-corrected chi connectivity index (χ0v) is 15.1. The molecule has 25 heavy (non-hydrogen) atoms. The van der Waals surface area contributed by atoms with Crippen molar-refractivity contribution < 1.29 is 19.5 Å². The first-order valence-electron chi connectivity index (χ1n) is 8.32. The number of carbonyl (C=O) groups is 3. The summed E-state index contributed by atoms with van der Waals surface area (Å²) in [7, 11) is 0. The van der Waals surface area contributed by atoms with Gasteiger partial charge in [-0.05, 0) is 37.5 Å². The monoisotopic (exact) mass is 366 g/mol. The summed E-state index contributed by atoms with van der Waals surface area (Å²) in [6.07, 6.45) is 1.32. The van der Waals surface area contributed by atoms with Gasteiger partial charge in [-0.3, -0.25) is 14.4 Å². The summed E-state index contributed by atoms with van der Waals surface area (Å²) in [4.78, 5) is 37.1. The van der Waals surface area contributed by atoms with Crippen LogP contribution in [0.4, 0.5) is 0 Å². The number of carboxylic acids is 1. The Labute approximate surface area is 152 Å². The fourth-order valence-corrected chi connectivity index (χ4v) is 3.27. The summed E-state index contributed by atoms with van der Waals surface area (Å²) in [6.45, 7) is 3.53. The summed E-state index contributed by atoms with van der Waals surface area (Å²) in [5.41, 5.74) is 0.785. The van der Waals surface area contributed by atoms with Gasteiger partial charge in [0.2, 0.25) is 11.8 Å². The number of benzene rings is 1. The number of carbonyl (C=O) groups excluding carboxylic acids is 2. The number of rotatable bonds is 5. The van der Waals surface area contributed by atoms with Gasteiger partial charge >= 0.3 is 5.97 Å². The number of nitrogens with zero attached hydrogens (tertiary/aromatic N) is 1. The van der Waals surface area contributed by atoms with E-state index in [1.165, 1.54) is 6.92 Å². The number of nitrogens with one attached hydrogen (secondary N) is 1. The van der Waals surface area contributed by atoms with Crippen LogP contribution < -0.4 is 5.32 Å². The van der Waals surface area contributed by atoms with E-state index in [0.717, 1.165) is 5.56 Å². The summed E-state index contributed by atoms with van der Waals surface area (Å²) in [6, 6.07) is 6.48. The predicted octanol–water partition coefficient (Wildman–Crippen LogP) is 2.62. The standard InChI is InChI=1S/C18H23ClN2O4/c1-11-3-4-14(18(24)25)10-21(11)17(23)9-16(20-12(2)22)13-5-7-15(19)8-6-13/h5-8,11,14,16H,3-4,9-10H2,1-2H3,(H,20,22)(H,24,25). The van der Waals surface area contributed by atoms with Crippen molar-refractivity contribution in [2.24, 2.45) is 5.92 Å². The Morgan fingerprint density at radius 2 is 1.92 bits per heavy atom. The van der Waals surface area contributed by atoms with E-state index in [2.05, 4.69) is 5.32 Å². The summed E-state index contributed by atoms with van der Waals surface area (Å²) in [5, 5.41) is 12.6. The Morgan fingerprint density at radius 3 is 2.48 bits per heavy atom. The van der Waals surface area contributed by atoms with Crippen LogP contribution in [-0.4, -0.2) is 40.4 Å². The van der Waals surface area contributed by atoms with Crippen molar-refractivity contribution in [1.82, 2.24) is 10.2 Å². The van der Waals surface area contributed by atoms with Crippen LogP contribution in [0.2, 0.25) is 5.02 Å². The predicted molar refractivity (Wildman–Crippen MR) is 94.2 cm³/mol. The number of hydrogen-bond acceptors (Lipinski definition) is 3. The summed E-state index contributed by atoms with van der Waals surface area (Å²) in [5.74, 6) is -1.80. The molecule has 2 amide bonds. The van der Waals surface area contributed by atoms with E-state index in [0.29, 0.717) is 17.9 Å². The lowest BCUT2D eigenvalue weighted by Crippen LogP contribution is -2.48. The lowest BCUT2D eigenvalue weighted by atomic mass is 9.92. The molecule has 1 aliphatic rings. The van der Waals surface area contributed by atoms with Gasteiger partial charge in [-0.15, -0.1) is 0 Å². The fraction of sp³-hybridized carbons (Fsp3) is 0.500. The molecule has 0 bridgehead atoms. The normalized spacial score (nSPS) is 21.5. The van der Waals surface area contributed by atoms with E-state index in [1.807, 2.05) is 6.92 Å². The lowest BCUT2D eigenvalue weighted by Gasteiger charge is -2.37. The number of likely N-dealkylation sites (tertiary alicyclic amines) is 1. The molecule has 136 valence electrons. The van der Waals surface area contributed by atoms with E-state index in [9.17, 15) is 19.5 Å². The Kier molecular flexibility index (Phi) is 6.42. The van der Waals surface area contributed by atoms with Gasteiger partial charge in [-0.25, -0.2) is 0 Å². The zero-order chi connectivity index (χ0) is 18.6. The van der Waals surface area contributed by atoms with E-state index in [1.54, 1.807) is 29.2 Å². The summed E-state index contributed by atoms with van der Waals surface area (Å²) >= 11 is 5.90. The molecular weight excluding hydrogens is 344 g/mol. The second kappa shape index (κ2) is 8.34. The molecule has 2 N–H and O–H groups in total. The van der Waals surface area contributed by atoms with Crippen molar-refractivity contribution in [3.63, 3.8) is 0 Å². The zero-order valence-electron chi connectivity index (χ0n) is 14.4. The first-order chi connectivity index (χ1) is 11.8. The molecule has 1 saturated heterocycles. The van der Waals surface area contributed by atoms with Crippen LogP contribution in [-0.2, 0) is 14.4 Å². The number of carboxylic acid groups (broad SMARTS) is 1. The minimum absolute atomic E-state index is 0.00806. The third-order valence-electron chi connectivity index (χ3n) is 4.58. The second-order valence-electron chi connectivity index (χ2n) is 6.52. The van der Waals surface area contributed by atoms with Gasteiger partial charge in [0, 0.05) is 24.5 Å². The van der Waals surface area contributed by atoms with E-state index in [-0.39, 0.29) is 30.8 Å². The van der Waals surface area contributed by atoms with Gasteiger partial charge in [0.25, 0.3) is 0 Å². The topological polar surface area (TPSA) is 86.7 Å². The van der Waals surface area contributed by atoms with Gasteiger partial charge in [0.1, 0.15) is 0 Å². The fourth-order valence-electron chi connectivity index (χ4n) is 3.14. The second-order valence-corrected chi connectivity index (χ2v) is 6.95. The highest BCUT2D eigenvalue weighted by molar-refractivity contribution is 6.30. The maximum atomic E-state index is 12.8. The molecule has 2 rings (SSSR count). The highest BCUT2D eigenvalue weighted by Crippen LogP contribution is 2.26. The molecule has 1 heterocycles. The minimum atomic E-state index is -0.874. The van der Waals surface area contributed by atoms with Crippen molar-refractivity contribution in [3.05, 3.63) is 34.9 Å². The molecule has 0 aliphatic carbocycles. The van der Waals surface area contributed by atoms with Gasteiger partial charge in [0.15, 0.2) is 0 Å². The third kappa shape index (κ3) is 5.19. The van der Waals surface area contributed by atoms with Crippen LogP contribution in [0.3, 0.4) is 0 Å². The molecule has 0 saturated carbocycles. The SMILES string of the molecule is CC(=O)NC(CC(=O)N1CC(C(=O)O)CCC1C)c1ccc(Cl)cc1. The highest BCUT2D eigenvalue weighted by atomic mass is 35.5. The molecule has 3 unspecified atom stereocenters. The minimum Gasteiger partial charge on any atom is -0.481 e. The average Bonchev–Trinajstić information content (AvgIpc) is 2.54. The number of amides is 2. The Morgan fingerprint density at radius 1 is 1.28 bits per heavy atom. The van der Waals surface area contributed by atoms with Gasteiger partial charge in [-0.1, -0.05) is 23.7 Å². The van der Waals surface area contributed by atoms with Crippen LogP contribution in [0.25, 0.3) is 0 Å². The van der Waals surface area contributed by atoms with Crippen LogP contribution in [0.15, 0.2) is 24.3 Å². The average molecular weight is 367 g/mol. The smallest absolute Gasteiger partial charge is 0.308 e. The molecule has 1 aromatic rings. The van der Waals surface area contributed by atoms with Crippen molar-refractivity contribution in [2.75, 3.05) is 6.54 Å². The first-order valence-corrected chi connectivity index (χ1v) is 8.70. The third-order valence-corrected chi connectivity index (χ3v) is 4.83. The Hall–Kier alpha value is -2.08. The Bertz CT molecular complexity index is 647. The highest BCUT2D eigenvalue weighted by Gasteiger charge is 2.33. The van der Waals surface area contributed by atoms with E-state index >= 15 is 0 Å². The maximum Gasteiger partial charge on any atom is 0.308 e. The molecule has 0 spiro atoms. The van der Waals surface area contributed by atoms with Crippen molar-refractivity contribution >= 4 is 29.4 Å². The molecule has 6 nitrogen and oxygen atoms in total. The summed E-state index contributed by atoms with van der Waals surface area (Å²) < 4.78 is 0. The van der Waals surface area contributed by atoms with Gasteiger partial charge < -0.3 is 15.3 Å². The Balaban J connectivity index is 2.13. The molecule has 3 atom stereocenters. The largest absolute Gasteiger partial charge is 0.481 e.